The monoisotopic (exact) mass is 438 g/mol. The van der Waals surface area contributed by atoms with Gasteiger partial charge in [-0.05, 0) is 48.0 Å². The number of hydrogen-bond acceptors (Lipinski definition) is 3. The number of carbonyl (C=O) groups excluding carboxylic acids is 2. The third-order valence-electron chi connectivity index (χ3n) is 4.04. The van der Waals surface area contributed by atoms with Crippen LogP contribution in [0.2, 0.25) is 0 Å². The minimum atomic E-state index is -0.279. The quantitative estimate of drug-likeness (QED) is 0.575. The van der Waals surface area contributed by atoms with Crippen LogP contribution in [0.15, 0.2) is 77.3 Å². The van der Waals surface area contributed by atoms with E-state index in [0.717, 1.165) is 10.0 Å². The first-order chi connectivity index (χ1) is 13.5. The van der Waals surface area contributed by atoms with E-state index in [1.54, 1.807) is 36.4 Å². The van der Waals surface area contributed by atoms with Crippen LogP contribution in [0.5, 0.6) is 5.75 Å². The molecule has 0 heterocycles. The molecular formula is C22H19BrN2O3. The molecule has 0 radical (unpaired) electrons. The largest absolute Gasteiger partial charge is 0.496 e. The molecule has 0 aromatic heterocycles. The highest BCUT2D eigenvalue weighted by atomic mass is 79.9. The van der Waals surface area contributed by atoms with Crippen molar-refractivity contribution in [2.24, 2.45) is 0 Å². The third-order valence-corrected chi connectivity index (χ3v) is 4.53. The van der Waals surface area contributed by atoms with Crippen molar-refractivity contribution in [3.8, 4) is 5.75 Å². The van der Waals surface area contributed by atoms with Crippen molar-refractivity contribution in [1.82, 2.24) is 0 Å². The molecule has 5 nitrogen and oxygen atoms in total. The number of rotatable bonds is 6. The van der Waals surface area contributed by atoms with E-state index in [1.807, 2.05) is 36.4 Å². The summed E-state index contributed by atoms with van der Waals surface area (Å²) in [5.74, 6) is 0.117. The van der Waals surface area contributed by atoms with Gasteiger partial charge in [-0.2, -0.15) is 0 Å². The lowest BCUT2D eigenvalue weighted by Crippen LogP contribution is -2.15. The van der Waals surface area contributed by atoms with Gasteiger partial charge in [0.2, 0.25) is 5.91 Å². The lowest BCUT2D eigenvalue weighted by atomic mass is 10.1. The smallest absolute Gasteiger partial charge is 0.259 e. The van der Waals surface area contributed by atoms with E-state index < -0.39 is 0 Å². The SMILES string of the molecule is COc1ccc(Br)cc1C(=O)Nc1ccc(NC(=O)Cc2ccccc2)cc1. The Kier molecular flexibility index (Phi) is 6.45. The highest BCUT2D eigenvalue weighted by Gasteiger charge is 2.13. The third kappa shape index (κ3) is 5.20. The molecule has 2 N–H and O–H groups in total. The standard InChI is InChI=1S/C22H19BrN2O3/c1-28-20-12-7-16(23)14-19(20)22(27)25-18-10-8-17(9-11-18)24-21(26)13-15-5-3-2-4-6-15/h2-12,14H,13H2,1H3,(H,24,26)(H,25,27). The van der Waals surface area contributed by atoms with Crippen LogP contribution in [0.4, 0.5) is 11.4 Å². The molecule has 3 rings (SSSR count). The first-order valence-electron chi connectivity index (χ1n) is 8.64. The fourth-order valence-corrected chi connectivity index (χ4v) is 3.04. The molecule has 0 bridgehead atoms. The van der Waals surface area contributed by atoms with Gasteiger partial charge >= 0.3 is 0 Å². The molecule has 0 saturated carbocycles. The van der Waals surface area contributed by atoms with Crippen LogP contribution in [0.1, 0.15) is 15.9 Å². The maximum Gasteiger partial charge on any atom is 0.259 e. The van der Waals surface area contributed by atoms with E-state index in [-0.39, 0.29) is 11.8 Å². The Labute approximate surface area is 171 Å². The van der Waals surface area contributed by atoms with Crippen LogP contribution in [0, 0.1) is 0 Å². The van der Waals surface area contributed by atoms with Crippen molar-refractivity contribution in [3.63, 3.8) is 0 Å². The summed E-state index contributed by atoms with van der Waals surface area (Å²) in [5, 5.41) is 5.68. The summed E-state index contributed by atoms with van der Waals surface area (Å²) in [6, 6.07) is 21.7. The van der Waals surface area contributed by atoms with E-state index in [9.17, 15) is 9.59 Å². The van der Waals surface area contributed by atoms with Gasteiger partial charge in [0.1, 0.15) is 5.75 Å². The number of carbonyl (C=O) groups is 2. The molecule has 3 aromatic rings. The van der Waals surface area contributed by atoms with E-state index >= 15 is 0 Å². The zero-order valence-corrected chi connectivity index (χ0v) is 16.8. The van der Waals surface area contributed by atoms with Gasteiger partial charge < -0.3 is 15.4 Å². The average molecular weight is 439 g/mol. The summed E-state index contributed by atoms with van der Waals surface area (Å²) in [7, 11) is 1.52. The van der Waals surface area contributed by atoms with E-state index in [4.69, 9.17) is 4.74 Å². The molecule has 0 aliphatic heterocycles. The van der Waals surface area contributed by atoms with E-state index in [1.165, 1.54) is 7.11 Å². The number of nitrogens with one attached hydrogen (secondary N) is 2. The molecule has 0 aliphatic carbocycles. The molecule has 0 atom stereocenters. The number of methoxy groups -OCH3 is 1. The minimum Gasteiger partial charge on any atom is -0.496 e. The molecule has 0 saturated heterocycles. The second-order valence-corrected chi connectivity index (χ2v) is 7.00. The van der Waals surface area contributed by atoms with Gasteiger partial charge in [0.15, 0.2) is 0 Å². The Morgan fingerprint density at radius 3 is 2.18 bits per heavy atom. The maximum atomic E-state index is 12.5. The number of hydrogen-bond donors (Lipinski definition) is 2. The number of ether oxygens (including phenoxy) is 1. The van der Waals surface area contributed by atoms with Gasteiger partial charge in [0.05, 0.1) is 19.1 Å². The predicted molar refractivity (Wildman–Crippen MR) is 114 cm³/mol. The molecule has 2 amide bonds. The Balaban J connectivity index is 1.62. The first kappa shape index (κ1) is 19.6. The van der Waals surface area contributed by atoms with Gasteiger partial charge in [0, 0.05) is 15.8 Å². The maximum absolute atomic E-state index is 12.5. The molecule has 0 aliphatic rings. The number of amides is 2. The van der Waals surface area contributed by atoms with Crippen LogP contribution in [0.25, 0.3) is 0 Å². The summed E-state index contributed by atoms with van der Waals surface area (Å²) < 4.78 is 6.03. The van der Waals surface area contributed by atoms with Gasteiger partial charge in [-0.3, -0.25) is 9.59 Å². The van der Waals surface area contributed by atoms with Crippen LogP contribution >= 0.6 is 15.9 Å². The summed E-state index contributed by atoms with van der Waals surface area (Å²) in [6.45, 7) is 0. The summed E-state index contributed by atoms with van der Waals surface area (Å²) in [6.07, 6.45) is 0.308. The molecule has 142 valence electrons. The second-order valence-electron chi connectivity index (χ2n) is 6.09. The summed E-state index contributed by atoms with van der Waals surface area (Å²) in [5.41, 5.74) is 2.66. The Morgan fingerprint density at radius 2 is 1.54 bits per heavy atom. The summed E-state index contributed by atoms with van der Waals surface area (Å²) >= 11 is 3.36. The Bertz CT molecular complexity index is 973. The van der Waals surface area contributed by atoms with Crippen molar-refractivity contribution >= 4 is 39.1 Å². The molecule has 6 heteroatoms. The number of benzene rings is 3. The lowest BCUT2D eigenvalue weighted by Gasteiger charge is -2.11. The molecule has 0 unspecified atom stereocenters. The van der Waals surface area contributed by atoms with Gasteiger partial charge in [0.25, 0.3) is 5.91 Å². The van der Waals surface area contributed by atoms with Crippen molar-refractivity contribution < 1.29 is 14.3 Å². The van der Waals surface area contributed by atoms with Crippen LogP contribution < -0.4 is 15.4 Å². The molecular weight excluding hydrogens is 420 g/mol. The Morgan fingerprint density at radius 1 is 0.893 bits per heavy atom. The van der Waals surface area contributed by atoms with Gasteiger partial charge in [-0.1, -0.05) is 46.3 Å². The number of anilines is 2. The van der Waals surface area contributed by atoms with E-state index in [2.05, 4.69) is 26.6 Å². The molecule has 0 spiro atoms. The summed E-state index contributed by atoms with van der Waals surface area (Å²) in [4.78, 5) is 24.7. The van der Waals surface area contributed by atoms with Gasteiger partial charge in [-0.25, -0.2) is 0 Å². The molecule has 28 heavy (non-hydrogen) atoms. The van der Waals surface area contributed by atoms with Crippen molar-refractivity contribution in [2.75, 3.05) is 17.7 Å². The topological polar surface area (TPSA) is 67.4 Å². The zero-order valence-electron chi connectivity index (χ0n) is 15.2. The zero-order chi connectivity index (χ0) is 19.9. The van der Waals surface area contributed by atoms with Gasteiger partial charge in [-0.15, -0.1) is 0 Å². The van der Waals surface area contributed by atoms with Crippen molar-refractivity contribution in [3.05, 3.63) is 88.4 Å². The lowest BCUT2D eigenvalue weighted by molar-refractivity contribution is -0.115. The fraction of sp³-hybridized carbons (Fsp3) is 0.0909. The Hall–Kier alpha value is -3.12. The van der Waals surface area contributed by atoms with Crippen LogP contribution in [-0.4, -0.2) is 18.9 Å². The highest BCUT2D eigenvalue weighted by molar-refractivity contribution is 9.10. The molecule has 3 aromatic carbocycles. The second kappa shape index (κ2) is 9.19. The average Bonchev–Trinajstić information content (AvgIpc) is 2.70. The van der Waals surface area contributed by atoms with E-state index in [0.29, 0.717) is 29.1 Å². The van der Waals surface area contributed by atoms with Crippen molar-refractivity contribution in [2.45, 2.75) is 6.42 Å². The number of halogens is 1. The fourth-order valence-electron chi connectivity index (χ4n) is 2.68. The van der Waals surface area contributed by atoms with Crippen LogP contribution in [0.3, 0.4) is 0 Å². The highest BCUT2D eigenvalue weighted by Crippen LogP contribution is 2.24. The minimum absolute atomic E-state index is 0.0955. The first-order valence-corrected chi connectivity index (χ1v) is 9.43. The van der Waals surface area contributed by atoms with Crippen molar-refractivity contribution in [1.29, 1.82) is 0 Å². The molecule has 0 fully saturated rings. The predicted octanol–water partition coefficient (Wildman–Crippen LogP) is 4.89. The van der Waals surface area contributed by atoms with Crippen LogP contribution in [-0.2, 0) is 11.2 Å². The normalized spacial score (nSPS) is 10.2.